The van der Waals surface area contributed by atoms with E-state index in [9.17, 15) is 4.79 Å². The van der Waals surface area contributed by atoms with Gasteiger partial charge in [0.05, 0.1) is 28.6 Å². The number of nitrogens with one attached hydrogen (secondary N) is 1. The molecule has 3 rings (SSSR count). The number of anilines is 2. The van der Waals surface area contributed by atoms with Gasteiger partial charge >= 0.3 is 6.03 Å². The lowest BCUT2D eigenvalue weighted by molar-refractivity contribution is 0.220. The quantitative estimate of drug-likeness (QED) is 0.908. The average molecular weight is 344 g/mol. The van der Waals surface area contributed by atoms with Crippen molar-refractivity contribution >= 4 is 28.7 Å². The minimum atomic E-state index is -0.106. The normalized spacial score (nSPS) is 14.5. The van der Waals surface area contributed by atoms with Gasteiger partial charge in [0.2, 0.25) is 0 Å². The summed E-state index contributed by atoms with van der Waals surface area (Å²) < 4.78 is 0. The smallest absolute Gasteiger partial charge is 0.321 e. The van der Waals surface area contributed by atoms with Crippen LogP contribution in [-0.2, 0) is 6.54 Å². The van der Waals surface area contributed by atoms with Gasteiger partial charge in [0.25, 0.3) is 0 Å². The maximum Gasteiger partial charge on any atom is 0.321 e. The van der Waals surface area contributed by atoms with E-state index in [1.807, 2.05) is 30.5 Å². The SMILES string of the molecule is Cc1nc(CN(C)C(=O)Nc2ccccc2N2CCCCC2)cs1. The summed E-state index contributed by atoms with van der Waals surface area (Å²) >= 11 is 1.61. The molecular formula is C18H24N4OS. The van der Waals surface area contributed by atoms with Crippen LogP contribution in [0.5, 0.6) is 0 Å². The second-order valence-electron chi connectivity index (χ2n) is 6.21. The van der Waals surface area contributed by atoms with Crippen molar-refractivity contribution in [1.82, 2.24) is 9.88 Å². The number of nitrogens with zero attached hydrogens (tertiary/aromatic N) is 3. The van der Waals surface area contributed by atoms with E-state index in [1.54, 1.807) is 23.3 Å². The maximum absolute atomic E-state index is 12.5. The molecule has 6 heteroatoms. The second-order valence-corrected chi connectivity index (χ2v) is 7.27. The highest BCUT2D eigenvalue weighted by Gasteiger charge is 2.17. The molecule has 0 saturated carbocycles. The van der Waals surface area contributed by atoms with E-state index >= 15 is 0 Å². The number of amides is 2. The molecule has 0 atom stereocenters. The Bertz CT molecular complexity index is 694. The van der Waals surface area contributed by atoms with Gasteiger partial charge < -0.3 is 15.1 Å². The first-order valence-electron chi connectivity index (χ1n) is 8.40. The van der Waals surface area contributed by atoms with E-state index in [0.717, 1.165) is 35.2 Å². The van der Waals surface area contributed by atoms with E-state index in [2.05, 4.69) is 21.3 Å². The van der Waals surface area contributed by atoms with Crippen LogP contribution in [0.15, 0.2) is 29.6 Å². The summed E-state index contributed by atoms with van der Waals surface area (Å²) in [6.07, 6.45) is 3.72. The fraction of sp³-hybridized carbons (Fsp3) is 0.444. The number of rotatable bonds is 4. The maximum atomic E-state index is 12.5. The molecule has 2 heterocycles. The van der Waals surface area contributed by atoms with Gasteiger partial charge in [0.15, 0.2) is 0 Å². The highest BCUT2D eigenvalue weighted by atomic mass is 32.1. The molecule has 1 saturated heterocycles. The van der Waals surface area contributed by atoms with Gasteiger partial charge in [0, 0.05) is 25.5 Å². The summed E-state index contributed by atoms with van der Waals surface area (Å²) in [7, 11) is 1.80. The van der Waals surface area contributed by atoms with Crippen molar-refractivity contribution in [2.45, 2.75) is 32.7 Å². The van der Waals surface area contributed by atoms with Gasteiger partial charge in [-0.05, 0) is 38.3 Å². The van der Waals surface area contributed by atoms with Crippen molar-refractivity contribution in [2.24, 2.45) is 0 Å². The van der Waals surface area contributed by atoms with Crippen molar-refractivity contribution in [3.05, 3.63) is 40.3 Å². The van der Waals surface area contributed by atoms with Gasteiger partial charge in [-0.3, -0.25) is 0 Å². The number of carbonyl (C=O) groups is 1. The number of hydrogen-bond donors (Lipinski definition) is 1. The van der Waals surface area contributed by atoms with Gasteiger partial charge in [-0.2, -0.15) is 0 Å². The zero-order chi connectivity index (χ0) is 16.9. The van der Waals surface area contributed by atoms with Crippen LogP contribution in [-0.4, -0.2) is 36.1 Å². The fourth-order valence-corrected chi connectivity index (χ4v) is 3.60. The summed E-state index contributed by atoms with van der Waals surface area (Å²) in [6.45, 7) is 4.60. The van der Waals surface area contributed by atoms with E-state index < -0.39 is 0 Å². The number of piperidine rings is 1. The van der Waals surface area contributed by atoms with Gasteiger partial charge in [-0.15, -0.1) is 11.3 Å². The lowest BCUT2D eigenvalue weighted by Gasteiger charge is -2.31. The zero-order valence-corrected chi connectivity index (χ0v) is 15.1. The molecule has 24 heavy (non-hydrogen) atoms. The fourth-order valence-electron chi connectivity index (χ4n) is 3.00. The lowest BCUT2D eigenvalue weighted by Crippen LogP contribution is -2.33. The molecule has 1 aromatic heterocycles. The van der Waals surface area contributed by atoms with E-state index in [0.29, 0.717) is 6.54 Å². The molecule has 2 amide bonds. The van der Waals surface area contributed by atoms with E-state index in [4.69, 9.17) is 0 Å². The van der Waals surface area contributed by atoms with Crippen LogP contribution >= 0.6 is 11.3 Å². The molecule has 1 N–H and O–H groups in total. The predicted octanol–water partition coefficient (Wildman–Crippen LogP) is 4.11. The molecule has 128 valence electrons. The molecule has 0 bridgehead atoms. The summed E-state index contributed by atoms with van der Waals surface area (Å²) in [5.41, 5.74) is 2.92. The molecule has 0 spiro atoms. The molecule has 0 unspecified atom stereocenters. The summed E-state index contributed by atoms with van der Waals surface area (Å²) in [4.78, 5) is 21.0. The third-order valence-electron chi connectivity index (χ3n) is 4.25. The molecule has 1 aromatic carbocycles. The molecule has 0 radical (unpaired) electrons. The number of para-hydroxylation sites is 2. The number of benzene rings is 1. The number of carbonyl (C=O) groups excluding carboxylic acids is 1. The number of thiazole rings is 1. The third-order valence-corrected chi connectivity index (χ3v) is 5.08. The number of hydrogen-bond acceptors (Lipinski definition) is 4. The predicted molar refractivity (Wildman–Crippen MR) is 99.8 cm³/mol. The van der Waals surface area contributed by atoms with Gasteiger partial charge in [-0.25, -0.2) is 9.78 Å². The van der Waals surface area contributed by atoms with Crippen LogP contribution in [0.1, 0.15) is 30.0 Å². The Balaban J connectivity index is 1.67. The first kappa shape index (κ1) is 16.8. The first-order valence-corrected chi connectivity index (χ1v) is 9.28. The van der Waals surface area contributed by atoms with Gasteiger partial charge in [0.1, 0.15) is 0 Å². The topological polar surface area (TPSA) is 48.5 Å². The van der Waals surface area contributed by atoms with Crippen molar-refractivity contribution in [2.75, 3.05) is 30.4 Å². The Morgan fingerprint density at radius 3 is 2.75 bits per heavy atom. The molecule has 1 aliphatic heterocycles. The molecule has 1 aliphatic rings. The molecule has 0 aliphatic carbocycles. The zero-order valence-electron chi connectivity index (χ0n) is 14.3. The van der Waals surface area contributed by atoms with Crippen molar-refractivity contribution < 1.29 is 4.79 Å². The standard InChI is InChI=1S/C18H24N4OS/c1-14-19-15(13-24-14)12-21(2)18(23)20-16-8-4-5-9-17(16)22-10-6-3-7-11-22/h4-5,8-9,13H,3,6-7,10-12H2,1-2H3,(H,20,23). The molecule has 5 nitrogen and oxygen atoms in total. The number of urea groups is 1. The average Bonchev–Trinajstić information content (AvgIpc) is 3.01. The molecular weight excluding hydrogens is 320 g/mol. The van der Waals surface area contributed by atoms with Crippen molar-refractivity contribution in [3.8, 4) is 0 Å². The largest absolute Gasteiger partial charge is 0.370 e. The molecule has 1 fully saturated rings. The van der Waals surface area contributed by atoms with E-state index in [-0.39, 0.29) is 6.03 Å². The Morgan fingerprint density at radius 1 is 1.29 bits per heavy atom. The van der Waals surface area contributed by atoms with Crippen molar-refractivity contribution in [1.29, 1.82) is 0 Å². The number of aryl methyl sites for hydroxylation is 1. The third kappa shape index (κ3) is 4.06. The number of aromatic nitrogens is 1. The summed E-state index contributed by atoms with van der Waals surface area (Å²) in [5.74, 6) is 0. The molecule has 2 aromatic rings. The second kappa shape index (κ2) is 7.66. The Hall–Kier alpha value is -2.08. The van der Waals surface area contributed by atoms with Crippen LogP contribution in [0.25, 0.3) is 0 Å². The monoisotopic (exact) mass is 344 g/mol. The Morgan fingerprint density at radius 2 is 2.04 bits per heavy atom. The van der Waals surface area contributed by atoms with Crippen molar-refractivity contribution in [3.63, 3.8) is 0 Å². The van der Waals surface area contributed by atoms with Gasteiger partial charge in [-0.1, -0.05) is 12.1 Å². The van der Waals surface area contributed by atoms with Crippen LogP contribution in [0.2, 0.25) is 0 Å². The lowest BCUT2D eigenvalue weighted by atomic mass is 10.1. The van der Waals surface area contributed by atoms with E-state index in [1.165, 1.54) is 19.3 Å². The van der Waals surface area contributed by atoms with Crippen LogP contribution < -0.4 is 10.2 Å². The van der Waals surface area contributed by atoms with Crippen LogP contribution in [0.4, 0.5) is 16.2 Å². The summed E-state index contributed by atoms with van der Waals surface area (Å²) in [5, 5.41) is 6.08. The van der Waals surface area contributed by atoms with Crippen LogP contribution in [0.3, 0.4) is 0 Å². The minimum Gasteiger partial charge on any atom is -0.370 e. The Labute approximate surface area is 147 Å². The highest BCUT2D eigenvalue weighted by molar-refractivity contribution is 7.09. The van der Waals surface area contributed by atoms with Crippen LogP contribution in [0, 0.1) is 6.92 Å². The Kier molecular flexibility index (Phi) is 5.35. The first-order chi connectivity index (χ1) is 11.6. The highest BCUT2D eigenvalue weighted by Crippen LogP contribution is 2.28. The summed E-state index contributed by atoms with van der Waals surface area (Å²) in [6, 6.07) is 7.95. The minimum absolute atomic E-state index is 0.106.